The largest absolute Gasteiger partial charge is 0.348 e. The zero-order valence-corrected chi connectivity index (χ0v) is 17.6. The van der Waals surface area contributed by atoms with Gasteiger partial charge in [-0.3, -0.25) is 15.0 Å². The van der Waals surface area contributed by atoms with E-state index in [1.807, 2.05) is 54.3 Å². The quantitative estimate of drug-likeness (QED) is 0.336. The van der Waals surface area contributed by atoms with E-state index in [1.54, 1.807) is 0 Å². The second-order valence-electron chi connectivity index (χ2n) is 7.27. The molecule has 0 radical (unpaired) electrons. The van der Waals surface area contributed by atoms with Gasteiger partial charge in [0.25, 0.3) is 0 Å². The van der Waals surface area contributed by atoms with Crippen molar-refractivity contribution in [3.05, 3.63) is 82.2 Å². The molecular formula is C22H23N5O2S. The van der Waals surface area contributed by atoms with Crippen LogP contribution in [0.15, 0.2) is 70.8 Å². The van der Waals surface area contributed by atoms with Crippen LogP contribution in [0.5, 0.6) is 0 Å². The summed E-state index contributed by atoms with van der Waals surface area (Å²) in [6.45, 7) is 5.94. The number of rotatable bonds is 6. The van der Waals surface area contributed by atoms with Gasteiger partial charge >= 0.3 is 5.69 Å². The zero-order chi connectivity index (χ0) is 20.9. The first-order valence-corrected chi connectivity index (χ1v) is 10.7. The maximum absolute atomic E-state index is 11.9. The molecule has 30 heavy (non-hydrogen) atoms. The van der Waals surface area contributed by atoms with E-state index in [0.29, 0.717) is 23.9 Å². The van der Waals surface area contributed by atoms with Crippen LogP contribution in [0.4, 0.5) is 11.5 Å². The third-order valence-electron chi connectivity index (χ3n) is 5.11. The summed E-state index contributed by atoms with van der Waals surface area (Å²) >= 11 is 1.30. The van der Waals surface area contributed by atoms with Gasteiger partial charge in [-0.25, -0.2) is 9.97 Å². The highest BCUT2D eigenvalue weighted by Gasteiger charge is 2.29. The van der Waals surface area contributed by atoms with E-state index in [4.69, 9.17) is 0 Å². The van der Waals surface area contributed by atoms with Crippen molar-refractivity contribution in [2.75, 3.05) is 31.1 Å². The topological polar surface area (TPSA) is 75.4 Å². The summed E-state index contributed by atoms with van der Waals surface area (Å²) in [6.07, 6.45) is 1.43. The SMILES string of the molecule is Cc1ccc(Sc2ncnc(N3CCN(Cc4ccccc4)CC3)c2[N+](=O)[O-])cc1. The Bertz CT molecular complexity index is 1010. The fourth-order valence-electron chi connectivity index (χ4n) is 3.50. The lowest BCUT2D eigenvalue weighted by molar-refractivity contribution is -0.387. The molecule has 3 aromatic rings. The van der Waals surface area contributed by atoms with Gasteiger partial charge in [-0.1, -0.05) is 59.8 Å². The number of nitro groups is 1. The number of anilines is 1. The molecule has 1 saturated heterocycles. The number of aryl methyl sites for hydroxylation is 1. The smallest absolute Gasteiger partial charge is 0.343 e. The molecule has 2 aromatic carbocycles. The molecule has 0 spiro atoms. The molecular weight excluding hydrogens is 398 g/mol. The van der Waals surface area contributed by atoms with Gasteiger partial charge in [0.1, 0.15) is 6.33 Å². The Hall–Kier alpha value is -2.97. The molecule has 0 aliphatic carbocycles. The van der Waals surface area contributed by atoms with E-state index in [1.165, 1.54) is 23.7 Å². The average Bonchev–Trinajstić information content (AvgIpc) is 2.76. The molecule has 4 rings (SSSR count). The summed E-state index contributed by atoms with van der Waals surface area (Å²) in [4.78, 5) is 25.3. The summed E-state index contributed by atoms with van der Waals surface area (Å²) < 4.78 is 0. The highest BCUT2D eigenvalue weighted by Crippen LogP contribution is 2.38. The summed E-state index contributed by atoms with van der Waals surface area (Å²) in [5.41, 5.74) is 2.40. The van der Waals surface area contributed by atoms with Gasteiger partial charge in [0, 0.05) is 37.6 Å². The Morgan fingerprint density at radius 3 is 2.37 bits per heavy atom. The molecule has 2 heterocycles. The van der Waals surface area contributed by atoms with Crippen LogP contribution >= 0.6 is 11.8 Å². The summed E-state index contributed by atoms with van der Waals surface area (Å²) in [6, 6.07) is 18.2. The van der Waals surface area contributed by atoms with Gasteiger partial charge < -0.3 is 4.90 Å². The maximum atomic E-state index is 11.9. The molecule has 0 atom stereocenters. The van der Waals surface area contributed by atoms with Crippen molar-refractivity contribution in [3.8, 4) is 0 Å². The van der Waals surface area contributed by atoms with Gasteiger partial charge in [0.15, 0.2) is 5.03 Å². The molecule has 0 bridgehead atoms. The van der Waals surface area contributed by atoms with Crippen LogP contribution in [0, 0.1) is 17.0 Å². The monoisotopic (exact) mass is 421 g/mol. The number of piperazine rings is 1. The summed E-state index contributed by atoms with van der Waals surface area (Å²) in [5, 5.41) is 12.3. The van der Waals surface area contributed by atoms with Gasteiger partial charge in [0.2, 0.25) is 5.82 Å². The number of nitrogens with zero attached hydrogens (tertiary/aromatic N) is 5. The maximum Gasteiger partial charge on any atom is 0.343 e. The van der Waals surface area contributed by atoms with Crippen molar-refractivity contribution in [2.45, 2.75) is 23.4 Å². The lowest BCUT2D eigenvalue weighted by atomic mass is 10.2. The van der Waals surface area contributed by atoms with Crippen LogP contribution in [0.1, 0.15) is 11.1 Å². The first-order chi connectivity index (χ1) is 14.6. The average molecular weight is 422 g/mol. The van der Waals surface area contributed by atoms with Gasteiger partial charge in [-0.15, -0.1) is 0 Å². The molecule has 1 aromatic heterocycles. The Morgan fingerprint density at radius 1 is 1.00 bits per heavy atom. The highest BCUT2D eigenvalue weighted by molar-refractivity contribution is 7.99. The Kier molecular flexibility index (Phi) is 6.25. The number of benzene rings is 2. The minimum Gasteiger partial charge on any atom is -0.348 e. The van der Waals surface area contributed by atoms with Crippen LogP contribution in [0.3, 0.4) is 0 Å². The van der Waals surface area contributed by atoms with Gasteiger partial charge in [-0.2, -0.15) is 0 Å². The molecule has 1 aliphatic heterocycles. The van der Waals surface area contributed by atoms with Crippen LogP contribution in [-0.4, -0.2) is 46.0 Å². The third-order valence-corrected chi connectivity index (χ3v) is 6.11. The van der Waals surface area contributed by atoms with Crippen molar-refractivity contribution in [1.29, 1.82) is 0 Å². The molecule has 1 fully saturated rings. The summed E-state index contributed by atoms with van der Waals surface area (Å²) in [5.74, 6) is 0.406. The highest BCUT2D eigenvalue weighted by atomic mass is 32.2. The fourth-order valence-corrected chi connectivity index (χ4v) is 4.35. The minimum absolute atomic E-state index is 0.0143. The Labute approximate surface area is 179 Å². The zero-order valence-electron chi connectivity index (χ0n) is 16.8. The molecule has 7 nitrogen and oxygen atoms in total. The van der Waals surface area contributed by atoms with Crippen molar-refractivity contribution in [3.63, 3.8) is 0 Å². The molecule has 0 unspecified atom stereocenters. The number of aromatic nitrogens is 2. The van der Waals surface area contributed by atoms with Crippen LogP contribution in [0.25, 0.3) is 0 Å². The fraction of sp³-hybridized carbons (Fsp3) is 0.273. The number of hydrogen-bond donors (Lipinski definition) is 0. The minimum atomic E-state index is -0.359. The summed E-state index contributed by atoms with van der Waals surface area (Å²) in [7, 11) is 0. The first-order valence-electron chi connectivity index (χ1n) is 9.85. The molecule has 8 heteroatoms. The molecule has 154 valence electrons. The lowest BCUT2D eigenvalue weighted by Crippen LogP contribution is -2.46. The lowest BCUT2D eigenvalue weighted by Gasteiger charge is -2.35. The molecule has 0 saturated carbocycles. The van der Waals surface area contributed by atoms with Gasteiger partial charge in [-0.05, 0) is 24.6 Å². The van der Waals surface area contributed by atoms with E-state index >= 15 is 0 Å². The molecule has 0 N–H and O–H groups in total. The van der Waals surface area contributed by atoms with Crippen LogP contribution in [-0.2, 0) is 6.54 Å². The van der Waals surface area contributed by atoms with Crippen molar-refractivity contribution >= 4 is 23.3 Å². The Morgan fingerprint density at radius 2 is 1.70 bits per heavy atom. The second kappa shape index (κ2) is 9.23. The van der Waals surface area contributed by atoms with Gasteiger partial charge in [0.05, 0.1) is 4.92 Å². The van der Waals surface area contributed by atoms with Crippen molar-refractivity contribution in [2.24, 2.45) is 0 Å². The predicted octanol–water partition coefficient (Wildman–Crippen LogP) is 4.17. The van der Waals surface area contributed by atoms with Crippen molar-refractivity contribution < 1.29 is 4.92 Å². The van der Waals surface area contributed by atoms with E-state index in [0.717, 1.165) is 30.1 Å². The molecule has 0 amide bonds. The van der Waals surface area contributed by atoms with E-state index in [2.05, 4.69) is 27.0 Å². The predicted molar refractivity (Wildman–Crippen MR) is 118 cm³/mol. The van der Waals surface area contributed by atoms with E-state index in [9.17, 15) is 10.1 Å². The van der Waals surface area contributed by atoms with E-state index in [-0.39, 0.29) is 10.6 Å². The Balaban J connectivity index is 1.50. The van der Waals surface area contributed by atoms with Crippen molar-refractivity contribution in [1.82, 2.24) is 14.9 Å². The van der Waals surface area contributed by atoms with E-state index < -0.39 is 0 Å². The third kappa shape index (κ3) is 4.77. The standard InChI is InChI=1S/C22H23N5O2S/c1-17-7-9-19(10-8-17)30-22-20(27(28)29)21(23-16-24-22)26-13-11-25(12-14-26)15-18-5-3-2-4-6-18/h2-10,16H,11-15H2,1H3. The first kappa shape index (κ1) is 20.3. The molecule has 1 aliphatic rings. The van der Waals surface area contributed by atoms with Crippen LogP contribution in [0.2, 0.25) is 0 Å². The normalized spacial score (nSPS) is 14.6. The second-order valence-corrected chi connectivity index (χ2v) is 8.33. The number of hydrogen-bond acceptors (Lipinski definition) is 7. The van der Waals surface area contributed by atoms with Crippen LogP contribution < -0.4 is 4.90 Å².